The number of aromatic nitrogens is 1. The lowest BCUT2D eigenvalue weighted by atomic mass is 10.0. The first kappa shape index (κ1) is 19.9. The van der Waals surface area contributed by atoms with Crippen molar-refractivity contribution in [3.8, 4) is 0 Å². The number of hydrogen-bond donors (Lipinski definition) is 1. The van der Waals surface area contributed by atoms with Gasteiger partial charge in [-0.15, -0.1) is 0 Å². The van der Waals surface area contributed by atoms with E-state index in [1.165, 1.54) is 7.11 Å². The molecule has 8 heteroatoms. The van der Waals surface area contributed by atoms with Crippen LogP contribution in [0.2, 0.25) is 0 Å². The third kappa shape index (κ3) is 4.01. The molecule has 5 nitrogen and oxygen atoms in total. The highest BCUT2D eigenvalue weighted by atomic mass is 79.9. The van der Waals surface area contributed by atoms with Gasteiger partial charge in [0, 0.05) is 22.5 Å². The Kier molecular flexibility index (Phi) is 5.99. The molecule has 2 aromatic carbocycles. The summed E-state index contributed by atoms with van der Waals surface area (Å²) < 4.78 is 33.3. The highest BCUT2D eigenvalue weighted by Gasteiger charge is 2.26. The van der Waals surface area contributed by atoms with E-state index in [1.54, 1.807) is 24.4 Å². The number of ether oxygens (including phenoxy) is 1. The minimum Gasteiger partial charge on any atom is -0.467 e. The molecule has 1 atom stereocenters. The molecule has 1 aromatic heterocycles. The minimum absolute atomic E-state index is 0.0595. The van der Waals surface area contributed by atoms with Crippen LogP contribution in [-0.4, -0.2) is 30.0 Å². The molecule has 1 heterocycles. The molecule has 0 fully saturated rings. The molecule has 1 amide bonds. The Bertz CT molecular complexity index is 1040. The number of halogens is 3. The Labute approximate surface area is 167 Å². The lowest BCUT2D eigenvalue weighted by Gasteiger charge is -2.18. The first-order valence-corrected chi connectivity index (χ1v) is 9.06. The molecule has 28 heavy (non-hydrogen) atoms. The van der Waals surface area contributed by atoms with Crippen molar-refractivity contribution in [1.82, 2.24) is 10.3 Å². The van der Waals surface area contributed by atoms with Crippen LogP contribution in [0, 0.1) is 11.6 Å². The van der Waals surface area contributed by atoms with Crippen molar-refractivity contribution in [1.29, 1.82) is 0 Å². The van der Waals surface area contributed by atoms with Crippen LogP contribution in [0.1, 0.15) is 15.9 Å². The van der Waals surface area contributed by atoms with Gasteiger partial charge in [0.25, 0.3) is 5.91 Å². The summed E-state index contributed by atoms with van der Waals surface area (Å²) >= 11 is 3.42. The third-order valence-electron chi connectivity index (χ3n) is 4.22. The Morgan fingerprint density at radius 1 is 1.14 bits per heavy atom. The van der Waals surface area contributed by atoms with Crippen molar-refractivity contribution in [3.63, 3.8) is 0 Å². The average molecular weight is 449 g/mol. The smallest absolute Gasteiger partial charge is 0.328 e. The zero-order valence-corrected chi connectivity index (χ0v) is 16.3. The highest BCUT2D eigenvalue weighted by Crippen LogP contribution is 2.26. The highest BCUT2D eigenvalue weighted by molar-refractivity contribution is 9.10. The predicted molar refractivity (Wildman–Crippen MR) is 103 cm³/mol. The van der Waals surface area contributed by atoms with E-state index >= 15 is 0 Å². The van der Waals surface area contributed by atoms with Crippen LogP contribution in [0.15, 0.2) is 53.1 Å². The zero-order valence-electron chi connectivity index (χ0n) is 14.7. The van der Waals surface area contributed by atoms with Gasteiger partial charge in [0.15, 0.2) is 0 Å². The van der Waals surface area contributed by atoms with Crippen LogP contribution in [0.5, 0.6) is 0 Å². The number of amides is 1. The Balaban J connectivity index is 1.93. The summed E-state index contributed by atoms with van der Waals surface area (Å²) in [7, 11) is 1.17. The summed E-state index contributed by atoms with van der Waals surface area (Å²) in [4.78, 5) is 28.9. The van der Waals surface area contributed by atoms with Gasteiger partial charge in [0.1, 0.15) is 23.2 Å². The first-order chi connectivity index (χ1) is 13.4. The van der Waals surface area contributed by atoms with Crippen LogP contribution in [-0.2, 0) is 16.0 Å². The van der Waals surface area contributed by atoms with Crippen molar-refractivity contribution in [2.45, 2.75) is 12.5 Å². The number of hydrogen-bond acceptors (Lipinski definition) is 4. The maximum absolute atomic E-state index is 13.9. The number of benzene rings is 2. The molecule has 0 saturated carbocycles. The predicted octanol–water partition coefficient (Wildman–Crippen LogP) is 3.79. The summed E-state index contributed by atoms with van der Waals surface area (Å²) in [6.07, 6.45) is 1.70. The molecule has 144 valence electrons. The molecular weight excluding hydrogens is 434 g/mol. The van der Waals surface area contributed by atoms with Gasteiger partial charge >= 0.3 is 5.97 Å². The Morgan fingerprint density at radius 2 is 1.86 bits per heavy atom. The van der Waals surface area contributed by atoms with E-state index in [9.17, 15) is 18.4 Å². The molecule has 0 aliphatic heterocycles. The number of methoxy groups -OCH3 is 1. The fraction of sp³-hybridized carbons (Fsp3) is 0.150. The van der Waals surface area contributed by atoms with Crippen LogP contribution in [0.3, 0.4) is 0 Å². The number of fused-ring (bicyclic) bond motifs is 1. The van der Waals surface area contributed by atoms with E-state index in [2.05, 4.69) is 26.2 Å². The number of rotatable bonds is 5. The van der Waals surface area contributed by atoms with E-state index in [0.29, 0.717) is 5.52 Å². The van der Waals surface area contributed by atoms with Gasteiger partial charge in [-0.2, -0.15) is 0 Å². The molecule has 3 aromatic rings. The monoisotopic (exact) mass is 448 g/mol. The van der Waals surface area contributed by atoms with Crippen LogP contribution >= 0.6 is 15.9 Å². The lowest BCUT2D eigenvalue weighted by Crippen LogP contribution is -2.43. The van der Waals surface area contributed by atoms with Gasteiger partial charge in [0.2, 0.25) is 0 Å². The standard InChI is InChI=1S/C20H15BrF2N2O3/c1-28-20(27)16(25-19(26)17-14(22)5-2-6-15(17)23)10-11-7-8-13(21)18-12(11)4-3-9-24-18/h2-9,16H,10H2,1H3,(H,25,26)/t16-/m0/s1. The molecular formula is C20H15BrF2N2O3. The van der Waals surface area contributed by atoms with Crippen LogP contribution in [0.25, 0.3) is 10.9 Å². The maximum atomic E-state index is 13.9. The molecule has 0 radical (unpaired) electrons. The maximum Gasteiger partial charge on any atom is 0.328 e. The number of carbonyl (C=O) groups is 2. The van der Waals surface area contributed by atoms with Gasteiger partial charge in [-0.3, -0.25) is 9.78 Å². The summed E-state index contributed by atoms with van der Waals surface area (Å²) in [5, 5.41) is 3.14. The molecule has 0 aliphatic carbocycles. The number of pyridine rings is 1. The van der Waals surface area contributed by atoms with Gasteiger partial charge in [-0.05, 0) is 45.8 Å². The molecule has 0 saturated heterocycles. The molecule has 0 spiro atoms. The minimum atomic E-state index is -1.14. The van der Waals surface area contributed by atoms with Crippen molar-refractivity contribution in [2.75, 3.05) is 7.11 Å². The number of esters is 1. The fourth-order valence-corrected chi connectivity index (χ4v) is 3.32. The molecule has 0 unspecified atom stereocenters. The Hall–Kier alpha value is -2.87. The van der Waals surface area contributed by atoms with Crippen molar-refractivity contribution < 1.29 is 23.1 Å². The summed E-state index contributed by atoms with van der Waals surface area (Å²) in [6.45, 7) is 0. The van der Waals surface area contributed by atoms with Crippen molar-refractivity contribution in [2.24, 2.45) is 0 Å². The summed E-state index contributed by atoms with van der Waals surface area (Å²) in [6, 6.07) is 9.09. The van der Waals surface area contributed by atoms with E-state index in [-0.39, 0.29) is 6.42 Å². The molecule has 3 rings (SSSR count). The van der Waals surface area contributed by atoms with Crippen LogP contribution < -0.4 is 5.32 Å². The fourth-order valence-electron chi connectivity index (χ4n) is 2.88. The summed E-state index contributed by atoms with van der Waals surface area (Å²) in [5.41, 5.74) is 0.657. The quantitative estimate of drug-likeness (QED) is 0.602. The summed E-state index contributed by atoms with van der Waals surface area (Å²) in [5.74, 6) is -3.80. The van der Waals surface area contributed by atoms with Gasteiger partial charge in [-0.25, -0.2) is 13.6 Å². The molecule has 0 aliphatic rings. The first-order valence-electron chi connectivity index (χ1n) is 8.27. The SMILES string of the molecule is COC(=O)[C@H](Cc1ccc(Br)c2ncccc12)NC(=O)c1c(F)cccc1F. The zero-order chi connectivity index (χ0) is 20.3. The van der Waals surface area contributed by atoms with Crippen molar-refractivity contribution in [3.05, 3.63) is 75.9 Å². The normalized spacial score (nSPS) is 11.9. The van der Waals surface area contributed by atoms with E-state index in [0.717, 1.165) is 33.6 Å². The number of carbonyl (C=O) groups excluding carboxylic acids is 2. The average Bonchev–Trinajstić information content (AvgIpc) is 2.69. The number of nitrogens with one attached hydrogen (secondary N) is 1. The second kappa shape index (κ2) is 8.43. The lowest BCUT2D eigenvalue weighted by molar-refractivity contribution is -0.142. The Morgan fingerprint density at radius 3 is 2.54 bits per heavy atom. The van der Waals surface area contributed by atoms with E-state index < -0.39 is 35.1 Å². The molecule has 1 N–H and O–H groups in total. The van der Waals surface area contributed by atoms with Gasteiger partial charge < -0.3 is 10.1 Å². The number of nitrogens with zero attached hydrogens (tertiary/aromatic N) is 1. The van der Waals surface area contributed by atoms with Crippen LogP contribution in [0.4, 0.5) is 8.78 Å². The van der Waals surface area contributed by atoms with E-state index in [4.69, 9.17) is 4.74 Å². The van der Waals surface area contributed by atoms with Gasteiger partial charge in [0.05, 0.1) is 12.6 Å². The van der Waals surface area contributed by atoms with Gasteiger partial charge in [-0.1, -0.05) is 18.2 Å². The second-order valence-electron chi connectivity index (χ2n) is 5.96. The second-order valence-corrected chi connectivity index (χ2v) is 6.81. The van der Waals surface area contributed by atoms with Crippen molar-refractivity contribution >= 4 is 38.7 Å². The van der Waals surface area contributed by atoms with E-state index in [1.807, 2.05) is 6.07 Å². The topological polar surface area (TPSA) is 68.3 Å². The largest absolute Gasteiger partial charge is 0.467 e. The molecule has 0 bridgehead atoms. The third-order valence-corrected chi connectivity index (χ3v) is 4.86.